The minimum atomic E-state index is 0.802. The Morgan fingerprint density at radius 2 is 1.43 bits per heavy atom. The fraction of sp³-hybridized carbons (Fsp3) is 0.250. The summed E-state index contributed by atoms with van der Waals surface area (Å²) in [5.74, 6) is 0. The summed E-state index contributed by atoms with van der Waals surface area (Å²) in [5, 5.41) is 7.37. The summed E-state index contributed by atoms with van der Waals surface area (Å²) < 4.78 is 6.59. The van der Waals surface area contributed by atoms with Crippen molar-refractivity contribution in [1.82, 2.24) is 0 Å². The van der Waals surface area contributed by atoms with Gasteiger partial charge in [0.05, 0.1) is 0 Å². The van der Waals surface area contributed by atoms with E-state index < -0.39 is 0 Å². The molecule has 0 radical (unpaired) electrons. The Morgan fingerprint density at radius 3 is 2.00 bits per heavy atom. The number of hydrogen-bond donors (Lipinski definition) is 0. The second kappa shape index (κ2) is 4.89. The summed E-state index contributed by atoms with van der Waals surface area (Å²) in [6, 6.07) is 0. The van der Waals surface area contributed by atoms with Crippen LogP contribution in [0.25, 0.3) is 0 Å². The molecular formula is C8H6S4Se2. The number of rotatable bonds is 0. The quantitative estimate of drug-likeness (QED) is 0.577. The van der Waals surface area contributed by atoms with Gasteiger partial charge in [0.15, 0.2) is 0 Å². The fourth-order valence-electron chi connectivity index (χ4n) is 1.10. The van der Waals surface area contributed by atoms with E-state index in [9.17, 15) is 0 Å². The van der Waals surface area contributed by atoms with Gasteiger partial charge in [-0.1, -0.05) is 0 Å². The second-order valence-corrected chi connectivity index (χ2v) is 12.8. The molecule has 0 atom stereocenters. The van der Waals surface area contributed by atoms with Crippen LogP contribution in [0.4, 0.5) is 0 Å². The van der Waals surface area contributed by atoms with Crippen molar-refractivity contribution in [2.75, 3.05) is 0 Å². The Bertz CT molecular complexity index is 328. The van der Waals surface area contributed by atoms with Gasteiger partial charge in [-0.15, -0.1) is 0 Å². The maximum absolute atomic E-state index is 2.20. The van der Waals surface area contributed by atoms with Crippen LogP contribution >= 0.6 is 47.0 Å². The Kier molecular flexibility index (Phi) is 3.77. The molecule has 0 aromatic carbocycles. The van der Waals surface area contributed by atoms with Crippen molar-refractivity contribution in [2.24, 2.45) is 0 Å². The van der Waals surface area contributed by atoms with Crippen molar-refractivity contribution in [1.29, 1.82) is 0 Å². The van der Waals surface area contributed by atoms with Crippen LogP contribution in [-0.4, -0.2) is 29.9 Å². The van der Waals surface area contributed by atoms with Gasteiger partial charge in [-0.25, -0.2) is 0 Å². The van der Waals surface area contributed by atoms with Gasteiger partial charge in [0, 0.05) is 0 Å². The van der Waals surface area contributed by atoms with Gasteiger partial charge in [0.1, 0.15) is 0 Å². The van der Waals surface area contributed by atoms with Crippen LogP contribution in [-0.2, 0) is 0 Å². The molecule has 3 rings (SSSR count). The predicted molar refractivity (Wildman–Crippen MR) is 74.7 cm³/mol. The van der Waals surface area contributed by atoms with Gasteiger partial charge in [-0.05, 0) is 0 Å². The van der Waals surface area contributed by atoms with Gasteiger partial charge in [-0.3, -0.25) is 0 Å². The second-order valence-electron chi connectivity index (χ2n) is 2.56. The van der Waals surface area contributed by atoms with Gasteiger partial charge >= 0.3 is 114 Å². The molecule has 0 saturated heterocycles. The first-order valence-corrected chi connectivity index (χ1v) is 11.5. The molecule has 0 amide bonds. The Morgan fingerprint density at radius 1 is 0.857 bits per heavy atom. The Balaban J connectivity index is 1.81. The standard InChI is InChI=1S/C8H6S4Se2/c1-2-10-5(9-1)6-11-7-8(12-6)14-4-3-13-7/h1-2H,3-4H2. The van der Waals surface area contributed by atoms with Crippen LogP contribution in [0.15, 0.2) is 26.9 Å². The van der Waals surface area contributed by atoms with Crippen LogP contribution in [0.5, 0.6) is 0 Å². The molecule has 0 spiro atoms. The molecule has 3 heterocycles. The first-order valence-electron chi connectivity index (χ1n) is 4.02. The van der Waals surface area contributed by atoms with E-state index >= 15 is 0 Å². The molecule has 0 saturated carbocycles. The molecule has 14 heavy (non-hydrogen) atoms. The summed E-state index contributed by atoms with van der Waals surface area (Å²) in [4.78, 5) is 0. The van der Waals surface area contributed by atoms with Crippen molar-refractivity contribution in [3.05, 3.63) is 26.9 Å². The van der Waals surface area contributed by atoms with Crippen LogP contribution in [0.2, 0.25) is 10.6 Å². The van der Waals surface area contributed by atoms with E-state index in [2.05, 4.69) is 34.3 Å². The zero-order valence-electron chi connectivity index (χ0n) is 7.02. The molecule has 6 heteroatoms. The van der Waals surface area contributed by atoms with Crippen LogP contribution in [0, 0.1) is 0 Å². The van der Waals surface area contributed by atoms with Crippen LogP contribution < -0.4 is 0 Å². The average molecular weight is 388 g/mol. The molecule has 3 aliphatic rings. The Labute approximate surface area is 113 Å². The average Bonchev–Trinajstić information content (AvgIpc) is 2.86. The molecule has 3 aliphatic heterocycles. The predicted octanol–water partition coefficient (Wildman–Crippen LogP) is 3.93. The monoisotopic (exact) mass is 390 g/mol. The van der Waals surface area contributed by atoms with Crippen molar-refractivity contribution in [2.45, 2.75) is 10.6 Å². The molecule has 0 unspecified atom stereocenters. The molecular weight excluding hydrogens is 382 g/mol. The third-order valence-corrected chi connectivity index (χ3v) is 15.0. The van der Waals surface area contributed by atoms with E-state index in [1.807, 2.05) is 23.5 Å². The SMILES string of the molecule is C1=CSC(=C2SC3=C(S2)[Se]CC[Se]3)S1. The van der Waals surface area contributed by atoms with Crippen molar-refractivity contribution < 1.29 is 0 Å². The van der Waals surface area contributed by atoms with Crippen LogP contribution in [0.3, 0.4) is 0 Å². The topological polar surface area (TPSA) is 0 Å². The third kappa shape index (κ3) is 2.18. The number of hydrogen-bond acceptors (Lipinski definition) is 4. The summed E-state index contributed by atoms with van der Waals surface area (Å²) in [7, 11) is 0. The minimum absolute atomic E-state index is 0.802. The van der Waals surface area contributed by atoms with E-state index in [0.717, 1.165) is 29.9 Å². The molecule has 0 bridgehead atoms. The molecule has 0 N–H and O–H groups in total. The van der Waals surface area contributed by atoms with Crippen molar-refractivity contribution >= 4 is 77.0 Å². The zero-order valence-corrected chi connectivity index (χ0v) is 13.7. The van der Waals surface area contributed by atoms with Crippen molar-refractivity contribution in [3.8, 4) is 0 Å². The van der Waals surface area contributed by atoms with Gasteiger partial charge in [-0.2, -0.15) is 0 Å². The summed E-state index contributed by atoms with van der Waals surface area (Å²) in [6.45, 7) is 0. The van der Waals surface area contributed by atoms with E-state index in [4.69, 9.17) is 0 Å². The third-order valence-electron chi connectivity index (χ3n) is 1.66. The van der Waals surface area contributed by atoms with Gasteiger partial charge in [0.2, 0.25) is 0 Å². The van der Waals surface area contributed by atoms with E-state index in [1.54, 1.807) is 11.8 Å². The van der Waals surface area contributed by atoms with E-state index in [-0.39, 0.29) is 0 Å². The van der Waals surface area contributed by atoms with E-state index in [0.29, 0.717) is 0 Å². The zero-order chi connectivity index (χ0) is 9.38. The normalized spacial score (nSPS) is 26.3. The van der Waals surface area contributed by atoms with Crippen LogP contribution in [0.1, 0.15) is 0 Å². The summed E-state index contributed by atoms with van der Waals surface area (Å²) in [6.07, 6.45) is 0. The number of thioether (sulfide) groups is 4. The summed E-state index contributed by atoms with van der Waals surface area (Å²) >= 11 is 9.54. The fourth-order valence-corrected chi connectivity index (χ4v) is 14.6. The van der Waals surface area contributed by atoms with Gasteiger partial charge < -0.3 is 0 Å². The maximum atomic E-state index is 2.20. The van der Waals surface area contributed by atoms with E-state index in [1.165, 1.54) is 14.9 Å². The van der Waals surface area contributed by atoms with Crippen molar-refractivity contribution in [3.63, 3.8) is 0 Å². The molecule has 74 valence electrons. The molecule has 0 aromatic rings. The molecule has 0 nitrogen and oxygen atoms in total. The first-order chi connectivity index (χ1) is 6.93. The van der Waals surface area contributed by atoms with Gasteiger partial charge in [0.25, 0.3) is 0 Å². The summed E-state index contributed by atoms with van der Waals surface area (Å²) in [5.41, 5.74) is 0. The first kappa shape index (κ1) is 10.8. The molecule has 0 aliphatic carbocycles. The molecule has 0 fully saturated rings. The Hall–Kier alpha value is 1.66. The molecule has 0 aromatic heterocycles.